The molecule has 3 rings (SSSR count). The number of hydrogen-bond acceptors (Lipinski definition) is 3. The summed E-state index contributed by atoms with van der Waals surface area (Å²) in [7, 11) is 1.89. The van der Waals surface area contributed by atoms with E-state index in [1.807, 2.05) is 62.1 Å². The number of nitrogens with one attached hydrogen (secondary N) is 1. The van der Waals surface area contributed by atoms with E-state index in [1.165, 1.54) is 5.56 Å². The van der Waals surface area contributed by atoms with Crippen LogP contribution in [0, 0.1) is 13.8 Å². The fourth-order valence-electron chi connectivity index (χ4n) is 2.72. The van der Waals surface area contributed by atoms with Crippen LogP contribution in [0.4, 0.5) is 5.69 Å². The number of anilines is 1. The van der Waals surface area contributed by atoms with E-state index < -0.39 is 0 Å². The molecule has 0 bridgehead atoms. The highest BCUT2D eigenvalue weighted by Gasteiger charge is 2.14. The second kappa shape index (κ2) is 6.70. The van der Waals surface area contributed by atoms with Gasteiger partial charge in [0.25, 0.3) is 0 Å². The average molecular weight is 323 g/mol. The smallest absolute Gasteiger partial charge is 0.229 e. The van der Waals surface area contributed by atoms with Crippen molar-refractivity contribution in [3.8, 4) is 0 Å². The van der Waals surface area contributed by atoms with Gasteiger partial charge in [-0.15, -0.1) is 0 Å². The molecule has 0 spiro atoms. The van der Waals surface area contributed by atoms with Gasteiger partial charge in [0.2, 0.25) is 5.91 Å². The number of rotatable bonds is 5. The van der Waals surface area contributed by atoms with Crippen LogP contribution >= 0.6 is 0 Å². The Balaban J connectivity index is 1.63. The predicted molar refractivity (Wildman–Crippen MR) is 92.8 cm³/mol. The van der Waals surface area contributed by atoms with Gasteiger partial charge in [-0.2, -0.15) is 10.2 Å². The van der Waals surface area contributed by atoms with Gasteiger partial charge in [0.1, 0.15) is 0 Å². The first-order valence-corrected chi connectivity index (χ1v) is 7.88. The largest absolute Gasteiger partial charge is 0.323 e. The minimum absolute atomic E-state index is 0.0616. The molecule has 1 amide bonds. The van der Waals surface area contributed by atoms with Gasteiger partial charge in [0.15, 0.2) is 0 Å². The van der Waals surface area contributed by atoms with Crippen molar-refractivity contribution in [1.82, 2.24) is 19.6 Å². The van der Waals surface area contributed by atoms with E-state index in [1.54, 1.807) is 10.9 Å². The topological polar surface area (TPSA) is 64.7 Å². The summed E-state index contributed by atoms with van der Waals surface area (Å²) in [5, 5.41) is 11.5. The van der Waals surface area contributed by atoms with Crippen LogP contribution in [0.1, 0.15) is 22.5 Å². The van der Waals surface area contributed by atoms with Crippen LogP contribution in [0.3, 0.4) is 0 Å². The van der Waals surface area contributed by atoms with Crippen LogP contribution in [-0.4, -0.2) is 25.5 Å². The number of carbonyl (C=O) groups is 1. The van der Waals surface area contributed by atoms with E-state index in [9.17, 15) is 4.79 Å². The molecular weight excluding hydrogens is 302 g/mol. The number of aromatic nitrogens is 4. The molecule has 3 aromatic rings. The van der Waals surface area contributed by atoms with E-state index in [0.29, 0.717) is 18.7 Å². The van der Waals surface area contributed by atoms with Crippen molar-refractivity contribution in [1.29, 1.82) is 0 Å². The summed E-state index contributed by atoms with van der Waals surface area (Å²) in [5.74, 6) is -0.0616. The van der Waals surface area contributed by atoms with Gasteiger partial charge in [-0.05, 0) is 19.4 Å². The molecule has 0 atom stereocenters. The molecule has 6 nitrogen and oxygen atoms in total. The van der Waals surface area contributed by atoms with Gasteiger partial charge in [-0.25, -0.2) is 0 Å². The second-order valence-electron chi connectivity index (χ2n) is 5.91. The van der Waals surface area contributed by atoms with Crippen LogP contribution in [0.2, 0.25) is 0 Å². The quantitative estimate of drug-likeness (QED) is 0.784. The second-order valence-corrected chi connectivity index (χ2v) is 5.91. The summed E-state index contributed by atoms with van der Waals surface area (Å²) in [6, 6.07) is 10.1. The molecule has 1 N–H and O–H groups in total. The van der Waals surface area contributed by atoms with E-state index in [4.69, 9.17) is 0 Å². The molecule has 1 aromatic carbocycles. The molecule has 2 aromatic heterocycles. The van der Waals surface area contributed by atoms with Crippen LogP contribution in [0.25, 0.3) is 0 Å². The lowest BCUT2D eigenvalue weighted by molar-refractivity contribution is -0.115. The molecule has 0 saturated heterocycles. The van der Waals surface area contributed by atoms with Crippen molar-refractivity contribution < 1.29 is 4.79 Å². The number of benzene rings is 1. The highest BCUT2D eigenvalue weighted by molar-refractivity contribution is 5.92. The fraction of sp³-hybridized carbons (Fsp3) is 0.278. The Morgan fingerprint density at radius 3 is 2.62 bits per heavy atom. The Morgan fingerprint density at radius 2 is 1.96 bits per heavy atom. The van der Waals surface area contributed by atoms with Crippen molar-refractivity contribution in [3.63, 3.8) is 0 Å². The number of amides is 1. The van der Waals surface area contributed by atoms with Crippen LogP contribution in [-0.2, 0) is 24.8 Å². The molecule has 0 aliphatic carbocycles. The van der Waals surface area contributed by atoms with E-state index >= 15 is 0 Å². The van der Waals surface area contributed by atoms with Crippen molar-refractivity contribution >= 4 is 11.6 Å². The summed E-state index contributed by atoms with van der Waals surface area (Å²) in [6.07, 6.45) is 3.83. The van der Waals surface area contributed by atoms with Gasteiger partial charge < -0.3 is 5.32 Å². The minimum atomic E-state index is -0.0616. The molecule has 0 radical (unpaired) electrons. The van der Waals surface area contributed by atoms with Gasteiger partial charge >= 0.3 is 0 Å². The van der Waals surface area contributed by atoms with E-state index in [0.717, 1.165) is 17.0 Å². The lowest BCUT2D eigenvalue weighted by atomic mass is 10.1. The van der Waals surface area contributed by atoms with E-state index in [2.05, 4.69) is 15.5 Å². The SMILES string of the molecule is Cc1nn(C)c(C)c1CC(=O)Nc1cnn(Cc2ccccc2)c1. The molecule has 0 fully saturated rings. The van der Waals surface area contributed by atoms with Gasteiger partial charge in [0.05, 0.1) is 30.5 Å². The maximum absolute atomic E-state index is 12.3. The zero-order chi connectivity index (χ0) is 17.1. The standard InChI is InChI=1S/C18H21N5O/c1-13-17(14(2)22(3)21-13)9-18(24)20-16-10-19-23(12-16)11-15-7-5-4-6-8-15/h4-8,10,12H,9,11H2,1-3H3,(H,20,24). The highest BCUT2D eigenvalue weighted by atomic mass is 16.1. The Morgan fingerprint density at radius 1 is 1.21 bits per heavy atom. The molecule has 0 unspecified atom stereocenters. The summed E-state index contributed by atoms with van der Waals surface area (Å²) >= 11 is 0. The van der Waals surface area contributed by atoms with Gasteiger partial charge in [-0.1, -0.05) is 30.3 Å². The minimum Gasteiger partial charge on any atom is -0.323 e. The first-order valence-electron chi connectivity index (χ1n) is 7.88. The molecule has 124 valence electrons. The van der Waals surface area contributed by atoms with Crippen molar-refractivity contribution in [2.24, 2.45) is 7.05 Å². The Labute approximate surface area is 141 Å². The highest BCUT2D eigenvalue weighted by Crippen LogP contribution is 2.14. The summed E-state index contributed by atoms with van der Waals surface area (Å²) < 4.78 is 3.61. The molecular formula is C18H21N5O. The number of nitrogens with zero attached hydrogens (tertiary/aromatic N) is 4. The zero-order valence-electron chi connectivity index (χ0n) is 14.2. The van der Waals surface area contributed by atoms with Crippen LogP contribution in [0.5, 0.6) is 0 Å². The first kappa shape index (κ1) is 16.0. The zero-order valence-corrected chi connectivity index (χ0v) is 14.2. The Hall–Kier alpha value is -2.89. The van der Waals surface area contributed by atoms with Crippen molar-refractivity contribution in [2.75, 3.05) is 5.32 Å². The number of carbonyl (C=O) groups excluding carboxylic acids is 1. The number of hydrogen-bond donors (Lipinski definition) is 1. The van der Waals surface area contributed by atoms with Gasteiger partial charge in [0, 0.05) is 24.5 Å². The van der Waals surface area contributed by atoms with Crippen molar-refractivity contribution in [2.45, 2.75) is 26.8 Å². The lowest BCUT2D eigenvalue weighted by Crippen LogP contribution is -2.15. The third-order valence-electron chi connectivity index (χ3n) is 4.10. The van der Waals surface area contributed by atoms with Gasteiger partial charge in [-0.3, -0.25) is 14.2 Å². The molecule has 24 heavy (non-hydrogen) atoms. The summed E-state index contributed by atoms with van der Waals surface area (Å²) in [4.78, 5) is 12.3. The third kappa shape index (κ3) is 3.53. The molecule has 6 heteroatoms. The van der Waals surface area contributed by atoms with Crippen molar-refractivity contribution in [3.05, 3.63) is 65.2 Å². The maximum atomic E-state index is 12.3. The van der Waals surface area contributed by atoms with E-state index in [-0.39, 0.29) is 5.91 Å². The Bertz CT molecular complexity index is 848. The molecule has 0 aliphatic rings. The number of aryl methyl sites for hydroxylation is 2. The molecule has 0 saturated carbocycles. The molecule has 2 heterocycles. The normalized spacial score (nSPS) is 10.8. The Kier molecular flexibility index (Phi) is 4.46. The first-order chi connectivity index (χ1) is 11.5. The monoisotopic (exact) mass is 323 g/mol. The third-order valence-corrected chi connectivity index (χ3v) is 4.10. The predicted octanol–water partition coefficient (Wildman–Crippen LogP) is 2.46. The maximum Gasteiger partial charge on any atom is 0.229 e. The molecule has 0 aliphatic heterocycles. The lowest BCUT2D eigenvalue weighted by Gasteiger charge is -2.04. The summed E-state index contributed by atoms with van der Waals surface area (Å²) in [6.45, 7) is 4.57. The average Bonchev–Trinajstić information content (AvgIpc) is 3.08. The van der Waals surface area contributed by atoms with Crippen LogP contribution < -0.4 is 5.32 Å². The fourth-order valence-corrected chi connectivity index (χ4v) is 2.72. The summed E-state index contributed by atoms with van der Waals surface area (Å²) in [5.41, 5.74) is 4.76. The van der Waals surface area contributed by atoms with Crippen LogP contribution in [0.15, 0.2) is 42.7 Å².